The van der Waals surface area contributed by atoms with Gasteiger partial charge in [0.1, 0.15) is 0 Å². The summed E-state index contributed by atoms with van der Waals surface area (Å²) in [4.78, 5) is 14.5. The molecule has 1 aromatic rings. The Labute approximate surface area is 117 Å². The van der Waals surface area contributed by atoms with Crippen LogP contribution in [0.25, 0.3) is 0 Å². The van der Waals surface area contributed by atoms with Gasteiger partial charge >= 0.3 is 0 Å². The zero-order valence-corrected chi connectivity index (χ0v) is 12.8. The van der Waals surface area contributed by atoms with Gasteiger partial charge in [0, 0.05) is 24.8 Å². The number of hydrogen-bond donors (Lipinski definition) is 1. The Hall–Kier alpha value is -1.51. The Morgan fingerprint density at radius 3 is 2.47 bits per heavy atom. The molecule has 19 heavy (non-hydrogen) atoms. The average molecular weight is 262 g/mol. The van der Waals surface area contributed by atoms with Crippen LogP contribution in [0.4, 0.5) is 5.69 Å². The molecule has 0 saturated heterocycles. The highest BCUT2D eigenvalue weighted by Crippen LogP contribution is 2.23. The number of anilines is 1. The third-order valence-corrected chi connectivity index (χ3v) is 3.80. The van der Waals surface area contributed by atoms with Gasteiger partial charge in [-0.15, -0.1) is 0 Å². The normalized spacial score (nSPS) is 11.2. The highest BCUT2D eigenvalue weighted by molar-refractivity contribution is 5.99. The number of rotatable bonds is 6. The van der Waals surface area contributed by atoms with Crippen molar-refractivity contribution in [3.05, 3.63) is 29.8 Å². The molecule has 1 rings (SSSR count). The van der Waals surface area contributed by atoms with Crippen LogP contribution in [0.2, 0.25) is 0 Å². The molecule has 0 bridgehead atoms. The zero-order valence-electron chi connectivity index (χ0n) is 12.8. The highest BCUT2D eigenvalue weighted by Gasteiger charge is 2.27. The first-order valence-corrected chi connectivity index (χ1v) is 7.05. The summed E-state index contributed by atoms with van der Waals surface area (Å²) in [5.41, 5.74) is 1.54. The van der Waals surface area contributed by atoms with Gasteiger partial charge in [0.05, 0.1) is 5.56 Å². The average Bonchev–Trinajstić information content (AvgIpc) is 2.43. The van der Waals surface area contributed by atoms with E-state index in [1.165, 1.54) is 0 Å². The summed E-state index contributed by atoms with van der Waals surface area (Å²) in [5, 5.41) is 3.32. The van der Waals surface area contributed by atoms with Crippen LogP contribution in [0.5, 0.6) is 0 Å². The van der Waals surface area contributed by atoms with E-state index in [0.29, 0.717) is 0 Å². The van der Waals surface area contributed by atoms with Crippen molar-refractivity contribution < 1.29 is 4.79 Å². The first-order chi connectivity index (χ1) is 8.94. The van der Waals surface area contributed by atoms with Crippen LogP contribution < -0.4 is 5.32 Å². The molecule has 106 valence electrons. The Kier molecular flexibility index (Phi) is 5.40. The Bertz CT molecular complexity index is 427. The van der Waals surface area contributed by atoms with E-state index >= 15 is 0 Å². The van der Waals surface area contributed by atoms with E-state index in [9.17, 15) is 4.79 Å². The van der Waals surface area contributed by atoms with Gasteiger partial charge in [-0.1, -0.05) is 26.0 Å². The predicted octanol–water partition coefficient (Wildman–Crippen LogP) is 3.77. The van der Waals surface area contributed by atoms with Crippen molar-refractivity contribution in [2.45, 2.75) is 46.1 Å². The fourth-order valence-electron chi connectivity index (χ4n) is 1.78. The van der Waals surface area contributed by atoms with Gasteiger partial charge in [0.25, 0.3) is 5.91 Å². The number of hydrogen-bond acceptors (Lipinski definition) is 2. The summed E-state index contributed by atoms with van der Waals surface area (Å²) in [6, 6.07) is 7.73. The van der Waals surface area contributed by atoms with Gasteiger partial charge in [-0.3, -0.25) is 4.79 Å². The van der Waals surface area contributed by atoms with Crippen molar-refractivity contribution >= 4 is 11.6 Å². The molecule has 0 heterocycles. The quantitative estimate of drug-likeness (QED) is 0.846. The van der Waals surface area contributed by atoms with E-state index in [1.54, 1.807) is 0 Å². The number of nitrogens with one attached hydrogen (secondary N) is 1. The van der Waals surface area contributed by atoms with Gasteiger partial charge in [-0.25, -0.2) is 0 Å². The minimum Gasteiger partial charge on any atom is -0.384 e. The molecule has 1 aromatic carbocycles. The second-order valence-corrected chi connectivity index (χ2v) is 5.50. The largest absolute Gasteiger partial charge is 0.384 e. The van der Waals surface area contributed by atoms with Crippen molar-refractivity contribution in [1.82, 2.24) is 4.90 Å². The molecule has 0 saturated carbocycles. The van der Waals surface area contributed by atoms with E-state index in [0.717, 1.165) is 30.6 Å². The molecule has 0 unspecified atom stereocenters. The van der Waals surface area contributed by atoms with Crippen molar-refractivity contribution in [2.75, 3.05) is 18.9 Å². The van der Waals surface area contributed by atoms with Crippen molar-refractivity contribution in [3.8, 4) is 0 Å². The third-order valence-electron chi connectivity index (χ3n) is 3.80. The van der Waals surface area contributed by atoms with Crippen molar-refractivity contribution in [2.24, 2.45) is 0 Å². The summed E-state index contributed by atoms with van der Waals surface area (Å²) < 4.78 is 0. The summed E-state index contributed by atoms with van der Waals surface area (Å²) in [6.07, 6.45) is 1.97. The minimum absolute atomic E-state index is 0.0750. The first kappa shape index (κ1) is 15.5. The molecule has 0 atom stereocenters. The molecule has 0 aliphatic heterocycles. The van der Waals surface area contributed by atoms with Crippen LogP contribution in [0.1, 0.15) is 50.9 Å². The third kappa shape index (κ3) is 3.72. The lowest BCUT2D eigenvalue weighted by molar-refractivity contribution is 0.0621. The molecule has 1 N–H and O–H groups in total. The number of nitrogens with zero attached hydrogens (tertiary/aromatic N) is 1. The SMILES string of the molecule is CCCNc1ccccc1C(=O)N(C)C(C)(C)CC. The Morgan fingerprint density at radius 1 is 1.26 bits per heavy atom. The molecule has 0 radical (unpaired) electrons. The minimum atomic E-state index is -0.130. The van der Waals surface area contributed by atoms with Crippen molar-refractivity contribution in [3.63, 3.8) is 0 Å². The number of benzene rings is 1. The van der Waals surface area contributed by atoms with Gasteiger partial charge in [-0.05, 0) is 38.8 Å². The topological polar surface area (TPSA) is 32.3 Å². The lowest BCUT2D eigenvalue weighted by atomic mass is 9.98. The van der Waals surface area contributed by atoms with E-state index < -0.39 is 0 Å². The molecule has 0 aliphatic carbocycles. The van der Waals surface area contributed by atoms with Gasteiger partial charge in [0.2, 0.25) is 0 Å². The standard InChI is InChI=1S/C16H26N2O/c1-6-12-17-14-11-9-8-10-13(14)15(19)18(5)16(3,4)7-2/h8-11,17H,6-7,12H2,1-5H3. The number of para-hydroxylation sites is 1. The summed E-state index contributed by atoms with van der Waals surface area (Å²) >= 11 is 0. The summed E-state index contributed by atoms with van der Waals surface area (Å²) in [5.74, 6) is 0.0750. The number of carbonyl (C=O) groups is 1. The zero-order chi connectivity index (χ0) is 14.5. The number of amides is 1. The van der Waals surface area contributed by atoms with Gasteiger partial charge < -0.3 is 10.2 Å². The smallest absolute Gasteiger partial charge is 0.256 e. The second kappa shape index (κ2) is 6.60. The lowest BCUT2D eigenvalue weighted by Gasteiger charge is -2.35. The predicted molar refractivity (Wildman–Crippen MR) is 81.7 cm³/mol. The fraction of sp³-hybridized carbons (Fsp3) is 0.562. The molecule has 3 nitrogen and oxygen atoms in total. The molecule has 3 heteroatoms. The Balaban J connectivity index is 2.99. The molecule has 0 aromatic heterocycles. The highest BCUT2D eigenvalue weighted by atomic mass is 16.2. The molecular formula is C16H26N2O. The van der Waals surface area contributed by atoms with Crippen LogP contribution in [0.3, 0.4) is 0 Å². The van der Waals surface area contributed by atoms with E-state index in [1.807, 2.05) is 36.2 Å². The maximum absolute atomic E-state index is 12.6. The van der Waals surface area contributed by atoms with E-state index in [-0.39, 0.29) is 11.4 Å². The van der Waals surface area contributed by atoms with Gasteiger partial charge in [0.15, 0.2) is 0 Å². The molecule has 0 spiro atoms. The van der Waals surface area contributed by atoms with Crippen LogP contribution in [0, 0.1) is 0 Å². The Morgan fingerprint density at radius 2 is 1.89 bits per heavy atom. The van der Waals surface area contributed by atoms with E-state index in [2.05, 4.69) is 33.0 Å². The summed E-state index contributed by atoms with van der Waals surface area (Å²) in [6.45, 7) is 9.28. The molecular weight excluding hydrogens is 236 g/mol. The molecule has 0 fully saturated rings. The first-order valence-electron chi connectivity index (χ1n) is 7.05. The summed E-state index contributed by atoms with van der Waals surface area (Å²) in [7, 11) is 1.88. The van der Waals surface area contributed by atoms with E-state index in [4.69, 9.17) is 0 Å². The molecule has 0 aliphatic rings. The van der Waals surface area contributed by atoms with Crippen LogP contribution in [-0.2, 0) is 0 Å². The fourth-order valence-corrected chi connectivity index (χ4v) is 1.78. The maximum Gasteiger partial charge on any atom is 0.256 e. The monoisotopic (exact) mass is 262 g/mol. The van der Waals surface area contributed by atoms with Crippen molar-refractivity contribution in [1.29, 1.82) is 0 Å². The van der Waals surface area contributed by atoms with Crippen LogP contribution >= 0.6 is 0 Å². The maximum atomic E-state index is 12.6. The van der Waals surface area contributed by atoms with Crippen LogP contribution in [-0.4, -0.2) is 29.9 Å². The van der Waals surface area contributed by atoms with Gasteiger partial charge in [-0.2, -0.15) is 0 Å². The molecule has 1 amide bonds. The number of carbonyl (C=O) groups excluding carboxylic acids is 1. The van der Waals surface area contributed by atoms with Crippen LogP contribution in [0.15, 0.2) is 24.3 Å². The lowest BCUT2D eigenvalue weighted by Crippen LogP contribution is -2.44. The second-order valence-electron chi connectivity index (χ2n) is 5.50.